The van der Waals surface area contributed by atoms with Crippen LogP contribution >= 0.6 is 0 Å². The van der Waals surface area contributed by atoms with E-state index in [1.54, 1.807) is 37.5 Å². The quantitative estimate of drug-likeness (QED) is 0.847. The summed E-state index contributed by atoms with van der Waals surface area (Å²) in [5, 5.41) is 2.57. The number of rotatable bonds is 3. The summed E-state index contributed by atoms with van der Waals surface area (Å²) in [4.78, 5) is 27.5. The number of nitrogens with one attached hydrogen (secondary N) is 1. The predicted molar refractivity (Wildman–Crippen MR) is 78.0 cm³/mol. The maximum Gasteiger partial charge on any atom is 0.271 e. The largest absolute Gasteiger partial charge is 0.497 e. The Morgan fingerprint density at radius 3 is 2.43 bits per heavy atom. The lowest BCUT2D eigenvalue weighted by atomic mass is 10.1. The van der Waals surface area contributed by atoms with Gasteiger partial charge in [0, 0.05) is 0 Å². The van der Waals surface area contributed by atoms with Gasteiger partial charge in [0.1, 0.15) is 11.4 Å². The lowest BCUT2D eigenvalue weighted by molar-refractivity contribution is -0.124. The molecule has 6 nitrogen and oxygen atoms in total. The first-order valence-electron chi connectivity index (χ1n) is 6.34. The monoisotopic (exact) mass is 288 g/mol. The molecule has 1 amide bonds. The van der Waals surface area contributed by atoms with Crippen molar-refractivity contribution in [2.75, 3.05) is 14.2 Å². The van der Waals surface area contributed by atoms with E-state index in [1.165, 1.54) is 14.0 Å². The SMILES string of the molecule is COC1=NC(=Cc2ccc(OC)cc2)C(=O)NC1C(C)=O. The van der Waals surface area contributed by atoms with Crippen LogP contribution in [0.15, 0.2) is 35.0 Å². The van der Waals surface area contributed by atoms with E-state index in [1.807, 2.05) is 0 Å². The second-order valence-electron chi connectivity index (χ2n) is 4.47. The fraction of sp³-hybridized carbons (Fsp3) is 0.267. The molecule has 0 aliphatic carbocycles. The van der Waals surface area contributed by atoms with Gasteiger partial charge in [0.05, 0.1) is 14.2 Å². The number of ether oxygens (including phenoxy) is 2. The molecule has 1 aliphatic rings. The smallest absolute Gasteiger partial charge is 0.271 e. The summed E-state index contributed by atoms with van der Waals surface area (Å²) in [5.41, 5.74) is 0.982. The third kappa shape index (κ3) is 3.28. The van der Waals surface area contributed by atoms with Crippen LogP contribution in [0.4, 0.5) is 0 Å². The van der Waals surface area contributed by atoms with Gasteiger partial charge >= 0.3 is 0 Å². The summed E-state index contributed by atoms with van der Waals surface area (Å²) >= 11 is 0. The van der Waals surface area contributed by atoms with Gasteiger partial charge < -0.3 is 14.8 Å². The molecule has 1 aromatic rings. The third-order valence-electron chi connectivity index (χ3n) is 3.02. The molecule has 1 aromatic carbocycles. The standard InChI is InChI=1S/C15H16N2O4/c1-9(18)13-15(21-3)16-12(14(19)17-13)8-10-4-6-11(20-2)7-5-10/h4-8,13H,1-3H3,(H,17,19). The van der Waals surface area contributed by atoms with Gasteiger partial charge in [-0.15, -0.1) is 0 Å². The van der Waals surface area contributed by atoms with E-state index in [0.717, 1.165) is 11.3 Å². The van der Waals surface area contributed by atoms with Gasteiger partial charge in [-0.25, -0.2) is 4.99 Å². The van der Waals surface area contributed by atoms with Gasteiger partial charge in [0.15, 0.2) is 11.8 Å². The van der Waals surface area contributed by atoms with Gasteiger partial charge in [-0.1, -0.05) is 12.1 Å². The number of Topliss-reactive ketones (excluding diaryl/α,β-unsaturated/α-hetero) is 1. The molecule has 21 heavy (non-hydrogen) atoms. The molecule has 110 valence electrons. The second kappa shape index (κ2) is 6.21. The third-order valence-corrected chi connectivity index (χ3v) is 3.02. The molecule has 1 atom stereocenters. The van der Waals surface area contributed by atoms with Crippen molar-refractivity contribution in [2.45, 2.75) is 13.0 Å². The Morgan fingerprint density at radius 2 is 1.90 bits per heavy atom. The summed E-state index contributed by atoms with van der Waals surface area (Å²) in [6.45, 7) is 1.37. The molecular formula is C15H16N2O4. The maximum atomic E-state index is 12.0. The first-order valence-corrected chi connectivity index (χ1v) is 6.34. The zero-order chi connectivity index (χ0) is 15.4. The molecule has 2 rings (SSSR count). The van der Waals surface area contributed by atoms with Crippen molar-refractivity contribution in [3.8, 4) is 5.75 Å². The van der Waals surface area contributed by atoms with Crippen molar-refractivity contribution < 1.29 is 19.1 Å². The minimum Gasteiger partial charge on any atom is -0.497 e. The summed E-state index contributed by atoms with van der Waals surface area (Å²) in [7, 11) is 3.00. The van der Waals surface area contributed by atoms with Crippen molar-refractivity contribution in [1.29, 1.82) is 0 Å². The fourth-order valence-corrected chi connectivity index (χ4v) is 1.90. The van der Waals surface area contributed by atoms with E-state index in [2.05, 4.69) is 10.3 Å². The highest BCUT2D eigenvalue weighted by molar-refractivity contribution is 6.14. The molecule has 0 saturated heterocycles. The van der Waals surface area contributed by atoms with E-state index in [-0.39, 0.29) is 17.4 Å². The number of methoxy groups -OCH3 is 2. The van der Waals surface area contributed by atoms with Gasteiger partial charge in [0.2, 0.25) is 5.90 Å². The van der Waals surface area contributed by atoms with Crippen molar-refractivity contribution >= 4 is 23.7 Å². The minimum absolute atomic E-state index is 0.182. The zero-order valence-corrected chi connectivity index (χ0v) is 12.0. The van der Waals surface area contributed by atoms with Gasteiger partial charge in [-0.3, -0.25) is 9.59 Å². The Balaban J connectivity index is 2.33. The Bertz CT molecular complexity index is 617. The van der Waals surface area contributed by atoms with Crippen LogP contribution in [0.3, 0.4) is 0 Å². The highest BCUT2D eigenvalue weighted by atomic mass is 16.5. The molecule has 0 fully saturated rings. The van der Waals surface area contributed by atoms with E-state index in [9.17, 15) is 9.59 Å². The Hall–Kier alpha value is -2.63. The molecule has 0 spiro atoms. The van der Waals surface area contributed by atoms with E-state index in [0.29, 0.717) is 0 Å². The molecule has 1 heterocycles. The molecule has 0 saturated carbocycles. The first-order chi connectivity index (χ1) is 10.0. The predicted octanol–water partition coefficient (Wildman–Crippen LogP) is 1.17. The average molecular weight is 288 g/mol. The van der Waals surface area contributed by atoms with Crippen molar-refractivity contribution in [1.82, 2.24) is 5.32 Å². The highest BCUT2D eigenvalue weighted by Crippen LogP contribution is 2.17. The molecule has 6 heteroatoms. The Morgan fingerprint density at radius 1 is 1.24 bits per heavy atom. The average Bonchev–Trinajstić information content (AvgIpc) is 2.49. The van der Waals surface area contributed by atoms with Gasteiger partial charge in [-0.05, 0) is 30.7 Å². The Labute approximate surface area is 122 Å². The molecule has 0 bridgehead atoms. The molecule has 0 aromatic heterocycles. The van der Waals surface area contributed by atoms with E-state index < -0.39 is 11.9 Å². The number of carbonyl (C=O) groups excluding carboxylic acids is 2. The topological polar surface area (TPSA) is 77.0 Å². The number of benzene rings is 1. The zero-order valence-electron chi connectivity index (χ0n) is 12.0. The number of hydrogen-bond donors (Lipinski definition) is 1. The molecular weight excluding hydrogens is 272 g/mol. The van der Waals surface area contributed by atoms with Crippen LogP contribution in [0, 0.1) is 0 Å². The van der Waals surface area contributed by atoms with Crippen LogP contribution in [-0.2, 0) is 14.3 Å². The molecule has 1 N–H and O–H groups in total. The second-order valence-corrected chi connectivity index (χ2v) is 4.47. The van der Waals surface area contributed by atoms with Crippen molar-refractivity contribution in [3.05, 3.63) is 35.5 Å². The van der Waals surface area contributed by atoms with Crippen LogP contribution in [0.1, 0.15) is 12.5 Å². The summed E-state index contributed by atoms with van der Waals surface area (Å²) in [6, 6.07) is 6.35. The lowest BCUT2D eigenvalue weighted by Crippen LogP contribution is -2.49. The number of ketones is 1. The summed E-state index contributed by atoms with van der Waals surface area (Å²) < 4.78 is 10.1. The number of aliphatic imine (C=N–C) groups is 1. The maximum absolute atomic E-state index is 12.0. The van der Waals surface area contributed by atoms with Crippen molar-refractivity contribution in [2.24, 2.45) is 4.99 Å². The van der Waals surface area contributed by atoms with Crippen LogP contribution in [0.25, 0.3) is 6.08 Å². The van der Waals surface area contributed by atoms with Crippen molar-refractivity contribution in [3.63, 3.8) is 0 Å². The van der Waals surface area contributed by atoms with Crippen LogP contribution in [0.5, 0.6) is 5.75 Å². The number of hydrogen-bond acceptors (Lipinski definition) is 5. The van der Waals surface area contributed by atoms with E-state index in [4.69, 9.17) is 9.47 Å². The van der Waals surface area contributed by atoms with Crippen LogP contribution in [0.2, 0.25) is 0 Å². The lowest BCUT2D eigenvalue weighted by Gasteiger charge is -2.22. The number of nitrogens with zero attached hydrogens (tertiary/aromatic N) is 1. The van der Waals surface area contributed by atoms with Gasteiger partial charge in [-0.2, -0.15) is 0 Å². The summed E-state index contributed by atoms with van der Waals surface area (Å²) in [6.07, 6.45) is 1.62. The normalized spacial score (nSPS) is 19.8. The Kier molecular flexibility index (Phi) is 4.37. The highest BCUT2D eigenvalue weighted by Gasteiger charge is 2.30. The summed E-state index contributed by atoms with van der Waals surface area (Å²) in [5.74, 6) is 0.268. The first kappa shape index (κ1) is 14.8. The van der Waals surface area contributed by atoms with Crippen LogP contribution in [-0.4, -0.2) is 37.8 Å². The fourth-order valence-electron chi connectivity index (χ4n) is 1.90. The van der Waals surface area contributed by atoms with Gasteiger partial charge in [0.25, 0.3) is 5.91 Å². The number of amides is 1. The molecule has 1 unspecified atom stereocenters. The van der Waals surface area contributed by atoms with Crippen LogP contribution < -0.4 is 10.1 Å². The molecule has 0 radical (unpaired) electrons. The minimum atomic E-state index is -0.824. The van der Waals surface area contributed by atoms with E-state index >= 15 is 0 Å². The molecule has 1 aliphatic heterocycles. The number of carbonyl (C=O) groups is 2.